The van der Waals surface area contributed by atoms with Crippen LogP contribution in [0.5, 0.6) is 0 Å². The largest absolute Gasteiger partial charge is 0.344 e. The van der Waals surface area contributed by atoms with Crippen molar-refractivity contribution in [1.82, 2.24) is 10.2 Å². The summed E-state index contributed by atoms with van der Waals surface area (Å²) in [5.41, 5.74) is 11.0. The lowest BCUT2D eigenvalue weighted by Crippen LogP contribution is -2.47. The van der Waals surface area contributed by atoms with Crippen LogP contribution < -0.4 is 16.8 Å². The van der Waals surface area contributed by atoms with Crippen LogP contribution in [0.3, 0.4) is 0 Å². The molecule has 1 aliphatic heterocycles. The molecule has 0 radical (unpaired) electrons. The molecule has 1 heterocycles. The molecule has 134 valence electrons. The van der Waals surface area contributed by atoms with Crippen molar-refractivity contribution in [3.05, 3.63) is 0 Å². The van der Waals surface area contributed by atoms with Crippen LogP contribution in [-0.4, -0.2) is 48.9 Å². The van der Waals surface area contributed by atoms with Gasteiger partial charge in [0.15, 0.2) is 0 Å². The molecule has 1 rings (SSSR count). The molecule has 1 aliphatic rings. The number of amides is 2. The van der Waals surface area contributed by atoms with E-state index in [1.807, 2.05) is 4.90 Å². The zero-order chi connectivity index (χ0) is 16.9. The van der Waals surface area contributed by atoms with Gasteiger partial charge in [0.25, 0.3) is 0 Å². The van der Waals surface area contributed by atoms with Crippen molar-refractivity contribution in [3.8, 4) is 0 Å². The minimum atomic E-state index is -0.379. The number of nitrogens with two attached hydrogens (primary N) is 2. The number of carbonyl (C=O) groups is 2. The van der Waals surface area contributed by atoms with E-state index in [2.05, 4.69) is 5.32 Å². The smallest absolute Gasteiger partial charge is 0.245 e. The zero-order valence-corrected chi connectivity index (χ0v) is 14.4. The van der Waals surface area contributed by atoms with Crippen molar-refractivity contribution < 1.29 is 9.59 Å². The molecular weight excluding hydrogens is 292 g/mol. The Labute approximate surface area is 140 Å². The summed E-state index contributed by atoms with van der Waals surface area (Å²) in [6.07, 6.45) is 9.02. The van der Waals surface area contributed by atoms with Gasteiger partial charge in [0.1, 0.15) is 6.04 Å². The fraction of sp³-hybridized carbons (Fsp3) is 0.882. The van der Waals surface area contributed by atoms with Crippen molar-refractivity contribution >= 4 is 11.8 Å². The van der Waals surface area contributed by atoms with Gasteiger partial charge in [-0.2, -0.15) is 0 Å². The van der Waals surface area contributed by atoms with Crippen LogP contribution in [-0.2, 0) is 9.59 Å². The maximum Gasteiger partial charge on any atom is 0.245 e. The van der Waals surface area contributed by atoms with E-state index in [0.29, 0.717) is 25.9 Å². The highest BCUT2D eigenvalue weighted by molar-refractivity contribution is 5.87. The highest BCUT2D eigenvalue weighted by Crippen LogP contribution is 2.12. The van der Waals surface area contributed by atoms with E-state index in [-0.39, 0.29) is 17.9 Å². The van der Waals surface area contributed by atoms with Gasteiger partial charge in [-0.05, 0) is 58.0 Å². The van der Waals surface area contributed by atoms with Gasteiger partial charge in [0.05, 0.1) is 0 Å². The highest BCUT2D eigenvalue weighted by atomic mass is 16.2. The van der Waals surface area contributed by atoms with E-state index in [1.165, 1.54) is 0 Å². The summed E-state index contributed by atoms with van der Waals surface area (Å²) in [7, 11) is 0. The number of nitrogens with zero attached hydrogens (tertiary/aromatic N) is 1. The third-order valence-electron chi connectivity index (χ3n) is 4.36. The van der Waals surface area contributed by atoms with Gasteiger partial charge in [-0.1, -0.05) is 12.8 Å². The standard InChI is InChI=1S/C17H34N4O2/c18-11-5-2-1-3-10-16(22)20-15(9-4-6-12-19)17(23)21-13-7-8-14-21/h15H,1-14,18-19H2,(H,20,22)/t15-/m0/s1. The number of nitrogens with one attached hydrogen (secondary N) is 1. The summed E-state index contributed by atoms with van der Waals surface area (Å²) < 4.78 is 0. The Morgan fingerprint density at radius 1 is 0.913 bits per heavy atom. The minimum absolute atomic E-state index is 0.0111. The Bertz CT molecular complexity index is 343. The molecule has 5 N–H and O–H groups in total. The summed E-state index contributed by atoms with van der Waals surface area (Å²) in [6, 6.07) is -0.379. The summed E-state index contributed by atoms with van der Waals surface area (Å²) in [4.78, 5) is 26.5. The quantitative estimate of drug-likeness (QED) is 0.468. The lowest BCUT2D eigenvalue weighted by atomic mass is 10.1. The first-order chi connectivity index (χ1) is 11.2. The Hall–Kier alpha value is -1.14. The first-order valence-electron chi connectivity index (χ1n) is 9.17. The van der Waals surface area contributed by atoms with Gasteiger partial charge in [-0.25, -0.2) is 0 Å². The van der Waals surface area contributed by atoms with Crippen molar-refractivity contribution in [2.75, 3.05) is 26.2 Å². The molecular formula is C17H34N4O2. The van der Waals surface area contributed by atoms with Crippen molar-refractivity contribution in [1.29, 1.82) is 0 Å². The van der Waals surface area contributed by atoms with E-state index in [1.54, 1.807) is 0 Å². The number of hydrogen-bond donors (Lipinski definition) is 3. The molecule has 1 atom stereocenters. The molecule has 1 fully saturated rings. The van der Waals surface area contributed by atoms with Crippen LogP contribution >= 0.6 is 0 Å². The Morgan fingerprint density at radius 3 is 2.17 bits per heavy atom. The molecule has 0 aromatic heterocycles. The van der Waals surface area contributed by atoms with E-state index in [4.69, 9.17) is 11.5 Å². The number of hydrogen-bond acceptors (Lipinski definition) is 4. The molecule has 0 spiro atoms. The highest BCUT2D eigenvalue weighted by Gasteiger charge is 2.27. The summed E-state index contributed by atoms with van der Waals surface area (Å²) in [5.74, 6) is 0.0686. The van der Waals surface area contributed by atoms with Gasteiger partial charge >= 0.3 is 0 Å². The Morgan fingerprint density at radius 2 is 1.52 bits per heavy atom. The topological polar surface area (TPSA) is 101 Å². The van der Waals surface area contributed by atoms with Gasteiger partial charge in [0, 0.05) is 19.5 Å². The van der Waals surface area contributed by atoms with Gasteiger partial charge in [-0.15, -0.1) is 0 Å². The molecule has 6 heteroatoms. The summed E-state index contributed by atoms with van der Waals surface area (Å²) in [6.45, 7) is 2.97. The summed E-state index contributed by atoms with van der Waals surface area (Å²) >= 11 is 0. The maximum absolute atomic E-state index is 12.6. The fourth-order valence-corrected chi connectivity index (χ4v) is 2.96. The second kappa shape index (κ2) is 12.3. The first kappa shape index (κ1) is 19.9. The normalized spacial score (nSPS) is 15.7. The minimum Gasteiger partial charge on any atom is -0.344 e. The van der Waals surface area contributed by atoms with Crippen molar-refractivity contribution in [3.63, 3.8) is 0 Å². The second-order valence-corrected chi connectivity index (χ2v) is 6.39. The van der Waals surface area contributed by atoms with Crippen LogP contribution in [0.1, 0.15) is 64.2 Å². The van der Waals surface area contributed by atoms with Crippen LogP contribution in [0.4, 0.5) is 0 Å². The van der Waals surface area contributed by atoms with Crippen LogP contribution in [0.25, 0.3) is 0 Å². The lowest BCUT2D eigenvalue weighted by Gasteiger charge is -2.24. The summed E-state index contributed by atoms with van der Waals surface area (Å²) in [5, 5.41) is 2.95. The van der Waals surface area contributed by atoms with E-state index in [9.17, 15) is 9.59 Å². The van der Waals surface area contributed by atoms with E-state index >= 15 is 0 Å². The third kappa shape index (κ3) is 8.32. The molecule has 23 heavy (non-hydrogen) atoms. The number of rotatable bonds is 12. The fourth-order valence-electron chi connectivity index (χ4n) is 2.96. The van der Waals surface area contributed by atoms with Crippen LogP contribution in [0, 0.1) is 0 Å². The van der Waals surface area contributed by atoms with Gasteiger partial charge in [0.2, 0.25) is 11.8 Å². The number of unbranched alkanes of at least 4 members (excludes halogenated alkanes) is 4. The third-order valence-corrected chi connectivity index (χ3v) is 4.36. The van der Waals surface area contributed by atoms with E-state index in [0.717, 1.165) is 64.5 Å². The number of likely N-dealkylation sites (tertiary alicyclic amines) is 1. The monoisotopic (exact) mass is 326 g/mol. The first-order valence-corrected chi connectivity index (χ1v) is 9.17. The van der Waals surface area contributed by atoms with Crippen LogP contribution in [0.2, 0.25) is 0 Å². The molecule has 0 aromatic rings. The van der Waals surface area contributed by atoms with Gasteiger partial charge in [-0.3, -0.25) is 9.59 Å². The molecule has 6 nitrogen and oxygen atoms in total. The molecule has 0 aromatic carbocycles. The molecule has 1 saturated heterocycles. The average Bonchev–Trinajstić information content (AvgIpc) is 3.07. The average molecular weight is 326 g/mol. The SMILES string of the molecule is NCCCCCCC(=O)N[C@@H](CCCCN)C(=O)N1CCCC1. The second-order valence-electron chi connectivity index (χ2n) is 6.39. The van der Waals surface area contributed by atoms with Crippen LogP contribution in [0.15, 0.2) is 0 Å². The van der Waals surface area contributed by atoms with Crippen molar-refractivity contribution in [2.45, 2.75) is 70.3 Å². The molecule has 0 bridgehead atoms. The lowest BCUT2D eigenvalue weighted by molar-refractivity contribution is -0.135. The van der Waals surface area contributed by atoms with E-state index < -0.39 is 0 Å². The predicted octanol–water partition coefficient (Wildman–Crippen LogP) is 1.13. The predicted molar refractivity (Wildman–Crippen MR) is 92.8 cm³/mol. The van der Waals surface area contributed by atoms with Gasteiger partial charge < -0.3 is 21.7 Å². The number of carbonyl (C=O) groups excluding carboxylic acids is 2. The maximum atomic E-state index is 12.6. The Kier molecular flexibility index (Phi) is 10.6. The molecule has 0 unspecified atom stereocenters. The van der Waals surface area contributed by atoms with Crippen molar-refractivity contribution in [2.24, 2.45) is 11.5 Å². The molecule has 0 aliphatic carbocycles. The molecule has 0 saturated carbocycles. The zero-order valence-electron chi connectivity index (χ0n) is 14.4. The molecule has 2 amide bonds. The Balaban J connectivity index is 2.37.